The van der Waals surface area contributed by atoms with Crippen LogP contribution in [0.4, 0.5) is 35.1 Å². The molecule has 0 aliphatic rings. The predicted octanol–water partition coefficient (Wildman–Crippen LogP) is 2.68. The lowest BCUT2D eigenvalue weighted by atomic mass is 10.4. The van der Waals surface area contributed by atoms with Crippen molar-refractivity contribution in [2.24, 2.45) is 0 Å². The van der Waals surface area contributed by atoms with E-state index >= 15 is 0 Å². The number of hydrogen-bond donors (Lipinski definition) is 0. The minimum Gasteiger partial charge on any atom is -0.281 e. The molecular formula is C6H7F8N. The Morgan fingerprint density at radius 2 is 1.13 bits per heavy atom. The molecule has 0 aromatic heterocycles. The van der Waals surface area contributed by atoms with Crippen LogP contribution in [0.15, 0.2) is 0 Å². The largest absolute Gasteiger partial charge is 0.401 e. The Morgan fingerprint density at radius 1 is 0.800 bits per heavy atom. The van der Waals surface area contributed by atoms with Crippen LogP contribution in [0.25, 0.3) is 0 Å². The van der Waals surface area contributed by atoms with E-state index in [0.717, 1.165) is 0 Å². The van der Waals surface area contributed by atoms with Crippen molar-refractivity contribution in [2.75, 3.05) is 19.6 Å². The molecule has 15 heavy (non-hydrogen) atoms. The summed E-state index contributed by atoms with van der Waals surface area (Å²) in [5.74, 6) is 0. The lowest BCUT2D eigenvalue weighted by Gasteiger charge is -2.23. The molecule has 9 heteroatoms. The highest BCUT2D eigenvalue weighted by Gasteiger charge is 2.38. The fourth-order valence-electron chi connectivity index (χ4n) is 0.887. The minimum absolute atomic E-state index is 0.384. The molecule has 0 saturated carbocycles. The van der Waals surface area contributed by atoms with Crippen molar-refractivity contribution in [1.82, 2.24) is 4.90 Å². The molecule has 0 atom stereocenters. The fraction of sp³-hybridized carbons (Fsp3) is 1.00. The van der Waals surface area contributed by atoms with E-state index in [1.54, 1.807) is 0 Å². The molecule has 0 bridgehead atoms. The smallest absolute Gasteiger partial charge is 0.281 e. The number of halogens is 8. The van der Waals surface area contributed by atoms with E-state index in [4.69, 9.17) is 0 Å². The number of alkyl halides is 8. The highest BCUT2D eigenvalue weighted by atomic mass is 19.4. The zero-order valence-electron chi connectivity index (χ0n) is 7.17. The summed E-state index contributed by atoms with van der Waals surface area (Å²) in [6.07, 6.45) is -13.1. The van der Waals surface area contributed by atoms with Crippen molar-refractivity contribution in [3.05, 3.63) is 0 Å². The highest BCUT2D eigenvalue weighted by Crippen LogP contribution is 2.22. The molecule has 0 radical (unpaired) electrons. The summed E-state index contributed by atoms with van der Waals surface area (Å²) < 4.78 is 93.4. The van der Waals surface area contributed by atoms with Gasteiger partial charge in [-0.15, -0.1) is 0 Å². The summed E-state index contributed by atoms with van der Waals surface area (Å²) in [4.78, 5) is -0.384. The molecule has 0 heterocycles. The van der Waals surface area contributed by atoms with Gasteiger partial charge in [-0.1, -0.05) is 0 Å². The average molecular weight is 245 g/mol. The maximum Gasteiger partial charge on any atom is 0.401 e. The molecule has 0 aliphatic carbocycles. The standard InChI is InChI=1S/C6H7F8N/c7-4(8)1-15(2-5(9,10)11)3-6(12,13)14/h4H,1-3H2. The van der Waals surface area contributed by atoms with Gasteiger partial charge < -0.3 is 0 Å². The second-order valence-corrected chi connectivity index (χ2v) is 2.79. The van der Waals surface area contributed by atoms with Gasteiger partial charge in [-0.05, 0) is 0 Å². The van der Waals surface area contributed by atoms with Gasteiger partial charge >= 0.3 is 12.4 Å². The lowest BCUT2D eigenvalue weighted by molar-refractivity contribution is -0.184. The second-order valence-electron chi connectivity index (χ2n) is 2.79. The van der Waals surface area contributed by atoms with E-state index in [1.165, 1.54) is 0 Å². The summed E-state index contributed by atoms with van der Waals surface area (Å²) in [7, 11) is 0. The maximum atomic E-state index is 11.7. The van der Waals surface area contributed by atoms with Gasteiger partial charge in [-0.25, -0.2) is 8.78 Å². The molecule has 0 aliphatic heterocycles. The molecule has 1 nitrogen and oxygen atoms in total. The fourth-order valence-corrected chi connectivity index (χ4v) is 0.887. The van der Waals surface area contributed by atoms with Gasteiger partial charge in [0.15, 0.2) is 0 Å². The summed E-state index contributed by atoms with van der Waals surface area (Å²) >= 11 is 0. The number of nitrogens with zero attached hydrogens (tertiary/aromatic N) is 1. The summed E-state index contributed by atoms with van der Waals surface area (Å²) in [5.41, 5.74) is 0. The molecule has 92 valence electrons. The molecule has 0 rings (SSSR count). The molecule has 0 fully saturated rings. The van der Waals surface area contributed by atoms with E-state index in [0.29, 0.717) is 0 Å². The van der Waals surface area contributed by atoms with Crippen molar-refractivity contribution in [3.8, 4) is 0 Å². The topological polar surface area (TPSA) is 3.24 Å². The van der Waals surface area contributed by atoms with Gasteiger partial charge in [-0.3, -0.25) is 4.90 Å². The summed E-state index contributed by atoms with van der Waals surface area (Å²) in [5, 5.41) is 0. The second kappa shape index (κ2) is 4.95. The first kappa shape index (κ1) is 14.4. The predicted molar refractivity (Wildman–Crippen MR) is 34.6 cm³/mol. The average Bonchev–Trinajstić information content (AvgIpc) is 1.73. The third-order valence-electron chi connectivity index (χ3n) is 1.20. The molecule has 0 unspecified atom stereocenters. The molecule has 0 aromatic carbocycles. The Labute approximate surface area is 79.6 Å². The Morgan fingerprint density at radius 3 is 1.33 bits per heavy atom. The lowest BCUT2D eigenvalue weighted by Crippen LogP contribution is -2.42. The van der Waals surface area contributed by atoms with Gasteiger partial charge in [0.05, 0.1) is 19.6 Å². The monoisotopic (exact) mass is 245 g/mol. The van der Waals surface area contributed by atoms with Crippen molar-refractivity contribution < 1.29 is 35.1 Å². The molecule has 0 amide bonds. The Bertz CT molecular complexity index is 167. The normalized spacial score (nSPS) is 14.0. The van der Waals surface area contributed by atoms with Gasteiger partial charge in [0.25, 0.3) is 6.43 Å². The first-order valence-electron chi connectivity index (χ1n) is 3.63. The van der Waals surface area contributed by atoms with E-state index in [2.05, 4.69) is 0 Å². The van der Waals surface area contributed by atoms with E-state index in [9.17, 15) is 35.1 Å². The molecule has 0 N–H and O–H groups in total. The van der Waals surface area contributed by atoms with E-state index in [1.807, 2.05) is 0 Å². The van der Waals surface area contributed by atoms with E-state index < -0.39 is 38.4 Å². The van der Waals surface area contributed by atoms with Crippen LogP contribution in [-0.4, -0.2) is 43.3 Å². The van der Waals surface area contributed by atoms with Gasteiger partial charge in [0.1, 0.15) is 0 Å². The molecular weight excluding hydrogens is 238 g/mol. The summed E-state index contributed by atoms with van der Waals surface area (Å²) in [6, 6.07) is 0. The molecule has 0 saturated heterocycles. The third-order valence-corrected chi connectivity index (χ3v) is 1.20. The van der Waals surface area contributed by atoms with Crippen LogP contribution in [-0.2, 0) is 0 Å². The van der Waals surface area contributed by atoms with Crippen LogP contribution >= 0.6 is 0 Å². The Kier molecular flexibility index (Phi) is 4.75. The van der Waals surface area contributed by atoms with Crippen LogP contribution in [0.2, 0.25) is 0 Å². The Balaban J connectivity index is 4.32. The minimum atomic E-state index is -4.93. The number of hydrogen-bond acceptors (Lipinski definition) is 1. The van der Waals surface area contributed by atoms with E-state index in [-0.39, 0.29) is 4.90 Å². The van der Waals surface area contributed by atoms with Gasteiger partial charge in [0.2, 0.25) is 0 Å². The highest BCUT2D eigenvalue weighted by molar-refractivity contribution is 4.68. The number of rotatable bonds is 4. The van der Waals surface area contributed by atoms with Crippen LogP contribution < -0.4 is 0 Å². The third kappa shape index (κ3) is 9.70. The van der Waals surface area contributed by atoms with Gasteiger partial charge in [0, 0.05) is 0 Å². The van der Waals surface area contributed by atoms with Crippen LogP contribution in [0.3, 0.4) is 0 Å². The Hall–Kier alpha value is -0.600. The first-order valence-corrected chi connectivity index (χ1v) is 3.63. The quantitative estimate of drug-likeness (QED) is 0.688. The first-order chi connectivity index (χ1) is 6.49. The zero-order chi connectivity index (χ0) is 12.3. The summed E-state index contributed by atoms with van der Waals surface area (Å²) in [6.45, 7) is -5.56. The molecule has 0 spiro atoms. The van der Waals surface area contributed by atoms with Crippen LogP contribution in [0.5, 0.6) is 0 Å². The van der Waals surface area contributed by atoms with Crippen molar-refractivity contribution in [3.63, 3.8) is 0 Å². The van der Waals surface area contributed by atoms with Crippen molar-refractivity contribution in [1.29, 1.82) is 0 Å². The van der Waals surface area contributed by atoms with Crippen LogP contribution in [0, 0.1) is 0 Å². The zero-order valence-corrected chi connectivity index (χ0v) is 7.17. The van der Waals surface area contributed by atoms with Crippen molar-refractivity contribution >= 4 is 0 Å². The molecule has 0 aromatic rings. The maximum absolute atomic E-state index is 11.7. The van der Waals surface area contributed by atoms with Gasteiger partial charge in [-0.2, -0.15) is 26.3 Å². The van der Waals surface area contributed by atoms with Crippen molar-refractivity contribution in [2.45, 2.75) is 18.8 Å². The van der Waals surface area contributed by atoms with Crippen LogP contribution in [0.1, 0.15) is 0 Å². The SMILES string of the molecule is FC(F)CN(CC(F)(F)F)CC(F)(F)F.